The molecule has 2 bridgehead atoms. The zero-order chi connectivity index (χ0) is 16.5. The number of nitrogens with two attached hydrogens (primary N) is 1. The minimum Gasteiger partial charge on any atom is -0.398 e. The van der Waals surface area contributed by atoms with Gasteiger partial charge in [0.05, 0.1) is 28.1 Å². The molecule has 3 nitrogen and oxygen atoms in total. The minimum absolute atomic E-state index is 0.727. The zero-order valence-electron chi connectivity index (χ0n) is 12.9. The topological polar surface area (TPSA) is 32.5 Å². The predicted molar refractivity (Wildman–Crippen MR) is 102 cm³/mol. The molecule has 0 spiro atoms. The molecule has 4 rings (SSSR count). The van der Waals surface area contributed by atoms with Crippen LogP contribution in [0.25, 0.3) is 0 Å². The molecular formula is C17H16BrCl2N3. The Morgan fingerprint density at radius 2 is 1.48 bits per heavy atom. The summed E-state index contributed by atoms with van der Waals surface area (Å²) in [5.74, 6) is 0. The highest BCUT2D eigenvalue weighted by molar-refractivity contribution is 9.10. The molecule has 2 heterocycles. The van der Waals surface area contributed by atoms with E-state index in [4.69, 9.17) is 28.9 Å². The van der Waals surface area contributed by atoms with Gasteiger partial charge in [-0.05, 0) is 37.1 Å². The third-order valence-corrected chi connectivity index (χ3v) is 6.33. The van der Waals surface area contributed by atoms with Gasteiger partial charge in [0.2, 0.25) is 0 Å². The number of nitrogens with zero attached hydrogens (tertiary/aromatic N) is 2. The summed E-state index contributed by atoms with van der Waals surface area (Å²) in [6.07, 6.45) is 0. The lowest BCUT2D eigenvalue weighted by Crippen LogP contribution is -2.47. The van der Waals surface area contributed by atoms with Crippen molar-refractivity contribution in [1.29, 1.82) is 0 Å². The van der Waals surface area contributed by atoms with Gasteiger partial charge in [0, 0.05) is 34.4 Å². The second-order valence-electron chi connectivity index (χ2n) is 6.23. The van der Waals surface area contributed by atoms with Crippen LogP contribution in [0.4, 0.5) is 17.1 Å². The van der Waals surface area contributed by atoms with Gasteiger partial charge in [-0.3, -0.25) is 0 Å². The van der Waals surface area contributed by atoms with Crippen molar-refractivity contribution in [1.82, 2.24) is 0 Å². The van der Waals surface area contributed by atoms with Gasteiger partial charge in [0.1, 0.15) is 0 Å². The van der Waals surface area contributed by atoms with Gasteiger partial charge in [0.25, 0.3) is 0 Å². The summed E-state index contributed by atoms with van der Waals surface area (Å²) in [4.78, 5) is 4.62. The zero-order valence-corrected chi connectivity index (χ0v) is 16.0. The third-order valence-electron chi connectivity index (χ3n) is 4.93. The molecule has 6 heteroatoms. The molecular weight excluding hydrogens is 397 g/mol. The molecule has 0 atom stereocenters. The number of anilines is 3. The average Bonchev–Trinajstić information content (AvgIpc) is 2.49. The van der Waals surface area contributed by atoms with Crippen LogP contribution in [0.3, 0.4) is 0 Å². The standard InChI is InChI=1S/C17H16BrCl2N3/c1-8-10-5-22-7-23(16(10)13(19)3-12(8)18)6-11-9(2)15(21)4-14(20)17(11)22/h3-4H,5-7,21H2,1-2H3. The first kappa shape index (κ1) is 15.4. The lowest BCUT2D eigenvalue weighted by Gasteiger charge is -2.46. The van der Waals surface area contributed by atoms with Crippen LogP contribution in [-0.4, -0.2) is 6.67 Å². The van der Waals surface area contributed by atoms with Crippen molar-refractivity contribution in [2.24, 2.45) is 0 Å². The van der Waals surface area contributed by atoms with Gasteiger partial charge in [-0.15, -0.1) is 0 Å². The quantitative estimate of drug-likeness (QED) is 0.599. The van der Waals surface area contributed by atoms with Crippen LogP contribution in [0, 0.1) is 13.8 Å². The molecule has 0 saturated heterocycles. The molecule has 120 valence electrons. The molecule has 2 aromatic rings. The highest BCUT2D eigenvalue weighted by atomic mass is 79.9. The van der Waals surface area contributed by atoms with Crippen molar-refractivity contribution in [2.75, 3.05) is 22.2 Å². The number of nitrogen functional groups attached to an aromatic ring is 1. The van der Waals surface area contributed by atoms with Crippen molar-refractivity contribution < 1.29 is 0 Å². The van der Waals surface area contributed by atoms with E-state index in [0.29, 0.717) is 0 Å². The van der Waals surface area contributed by atoms with E-state index in [0.717, 1.165) is 56.9 Å². The van der Waals surface area contributed by atoms with Crippen molar-refractivity contribution in [3.63, 3.8) is 0 Å². The second-order valence-corrected chi connectivity index (χ2v) is 7.90. The molecule has 0 unspecified atom stereocenters. The molecule has 0 fully saturated rings. The summed E-state index contributed by atoms with van der Waals surface area (Å²) < 4.78 is 1.04. The smallest absolute Gasteiger partial charge is 0.0911 e. The summed E-state index contributed by atoms with van der Waals surface area (Å²) in [5.41, 5.74) is 13.9. The van der Waals surface area contributed by atoms with Gasteiger partial charge in [-0.1, -0.05) is 39.1 Å². The van der Waals surface area contributed by atoms with E-state index in [9.17, 15) is 0 Å². The Labute approximate surface area is 154 Å². The first-order chi connectivity index (χ1) is 10.9. The molecule has 2 N–H and O–H groups in total. The Morgan fingerprint density at radius 3 is 2.09 bits per heavy atom. The van der Waals surface area contributed by atoms with E-state index in [1.54, 1.807) is 0 Å². The van der Waals surface area contributed by atoms with E-state index < -0.39 is 0 Å². The first-order valence-corrected chi connectivity index (χ1v) is 8.98. The summed E-state index contributed by atoms with van der Waals surface area (Å²) in [7, 11) is 0. The van der Waals surface area contributed by atoms with Crippen LogP contribution in [0.5, 0.6) is 0 Å². The number of hydrogen-bond donors (Lipinski definition) is 1. The molecule has 0 aromatic heterocycles. The molecule has 2 aliphatic rings. The van der Waals surface area contributed by atoms with E-state index >= 15 is 0 Å². The van der Waals surface area contributed by atoms with Crippen LogP contribution >= 0.6 is 39.1 Å². The van der Waals surface area contributed by atoms with E-state index in [1.807, 2.05) is 12.1 Å². The normalized spacial score (nSPS) is 15.5. The fraction of sp³-hybridized carbons (Fsp3) is 0.294. The molecule has 0 radical (unpaired) electrons. The molecule has 0 amide bonds. The fourth-order valence-corrected chi connectivity index (χ4v) is 4.91. The molecule has 0 saturated carbocycles. The van der Waals surface area contributed by atoms with Crippen molar-refractivity contribution in [3.05, 3.63) is 48.9 Å². The maximum absolute atomic E-state index is 6.55. The SMILES string of the molecule is Cc1c(N)cc(Cl)c2c1CN1CN2Cc2c(C)c(Br)cc(Cl)c21. The highest BCUT2D eigenvalue weighted by Crippen LogP contribution is 2.47. The van der Waals surface area contributed by atoms with Crippen LogP contribution in [0.15, 0.2) is 16.6 Å². The predicted octanol–water partition coefficient (Wildman–Crippen LogP) is 5.25. The number of hydrogen-bond acceptors (Lipinski definition) is 3. The van der Waals surface area contributed by atoms with E-state index in [2.05, 4.69) is 39.6 Å². The van der Waals surface area contributed by atoms with Gasteiger partial charge in [-0.25, -0.2) is 0 Å². The van der Waals surface area contributed by atoms with E-state index in [1.165, 1.54) is 16.7 Å². The van der Waals surface area contributed by atoms with E-state index in [-0.39, 0.29) is 0 Å². The first-order valence-electron chi connectivity index (χ1n) is 7.43. The number of fused-ring (bicyclic) bond motifs is 6. The number of rotatable bonds is 0. The molecule has 0 aliphatic carbocycles. The minimum atomic E-state index is 0.727. The van der Waals surface area contributed by atoms with Gasteiger partial charge in [-0.2, -0.15) is 0 Å². The fourth-order valence-electron chi connectivity index (χ4n) is 3.62. The molecule has 2 aromatic carbocycles. The van der Waals surface area contributed by atoms with Crippen molar-refractivity contribution >= 4 is 56.2 Å². The Morgan fingerprint density at radius 1 is 0.957 bits per heavy atom. The Kier molecular flexibility index (Phi) is 3.49. The Hall–Kier alpha value is -1.10. The Bertz CT molecular complexity index is 781. The summed E-state index contributed by atoms with van der Waals surface area (Å²) in [6, 6.07) is 3.85. The lowest BCUT2D eigenvalue weighted by molar-refractivity contribution is 0.646. The lowest BCUT2D eigenvalue weighted by atomic mass is 9.95. The van der Waals surface area contributed by atoms with Crippen LogP contribution in [-0.2, 0) is 13.1 Å². The van der Waals surface area contributed by atoms with Crippen LogP contribution in [0.2, 0.25) is 10.0 Å². The second kappa shape index (κ2) is 5.20. The van der Waals surface area contributed by atoms with Gasteiger partial charge >= 0.3 is 0 Å². The maximum Gasteiger partial charge on any atom is 0.0911 e. The monoisotopic (exact) mass is 411 g/mol. The maximum atomic E-state index is 6.55. The van der Waals surface area contributed by atoms with Crippen LogP contribution in [0.1, 0.15) is 22.3 Å². The van der Waals surface area contributed by atoms with Crippen molar-refractivity contribution in [3.8, 4) is 0 Å². The van der Waals surface area contributed by atoms with Crippen LogP contribution < -0.4 is 15.5 Å². The van der Waals surface area contributed by atoms with Gasteiger partial charge < -0.3 is 15.5 Å². The van der Waals surface area contributed by atoms with Gasteiger partial charge in [0.15, 0.2) is 0 Å². The summed E-state index contributed by atoms with van der Waals surface area (Å²) >= 11 is 16.7. The summed E-state index contributed by atoms with van der Waals surface area (Å²) in [6.45, 7) is 6.55. The molecule has 23 heavy (non-hydrogen) atoms. The third kappa shape index (κ3) is 2.15. The molecule has 2 aliphatic heterocycles. The number of benzene rings is 2. The highest BCUT2D eigenvalue weighted by Gasteiger charge is 2.34. The summed E-state index contributed by atoms with van der Waals surface area (Å²) in [5, 5.41) is 1.51. The Balaban J connectivity index is 1.94. The average molecular weight is 413 g/mol. The number of halogens is 3. The largest absolute Gasteiger partial charge is 0.398 e. The van der Waals surface area contributed by atoms with Crippen molar-refractivity contribution in [2.45, 2.75) is 26.9 Å².